The number of nitrogens with one attached hydrogen (secondary N) is 1. The summed E-state index contributed by atoms with van der Waals surface area (Å²) in [4.78, 5) is 12.1. The number of nitrogen functional groups attached to an aromatic ring is 1. The average molecular weight is 295 g/mol. The van der Waals surface area contributed by atoms with Crippen LogP contribution >= 0.6 is 0 Å². The molecule has 0 saturated carbocycles. The molecule has 5 nitrogen and oxygen atoms in total. The second kappa shape index (κ2) is 5.51. The molecule has 0 fully saturated rings. The van der Waals surface area contributed by atoms with Gasteiger partial charge in [0.05, 0.1) is 23.0 Å². The Balaban J connectivity index is 2.27. The lowest BCUT2D eigenvalue weighted by Gasteiger charge is -2.14. The van der Waals surface area contributed by atoms with Gasteiger partial charge in [0.25, 0.3) is 5.91 Å². The fourth-order valence-corrected chi connectivity index (χ4v) is 2.23. The molecule has 0 aliphatic heterocycles. The van der Waals surface area contributed by atoms with Gasteiger partial charge >= 0.3 is 0 Å². The molecule has 0 radical (unpaired) electrons. The van der Waals surface area contributed by atoms with E-state index < -0.39 is 34.8 Å². The highest BCUT2D eigenvalue weighted by atomic mass is 19.1. The summed E-state index contributed by atoms with van der Waals surface area (Å²) < 4.78 is 32.1. The number of aromatic nitrogens is 1. The summed E-state index contributed by atoms with van der Waals surface area (Å²) in [6.07, 6.45) is 0. The summed E-state index contributed by atoms with van der Waals surface area (Å²) in [5.41, 5.74) is 5.79. The van der Waals surface area contributed by atoms with E-state index >= 15 is 0 Å². The summed E-state index contributed by atoms with van der Waals surface area (Å²) >= 11 is 0. The number of nitrogens with zero attached hydrogens (tertiary/aromatic N) is 1. The standard InChI is InChI=1S/C14H15F2N3O2/c1-6(12-7(2)19-21-8(12)3)18-14(20)10-4-9(15)5-11(17)13(10)16/h4-6H,17H2,1-3H3,(H,18,20). The number of hydrogen-bond acceptors (Lipinski definition) is 4. The monoisotopic (exact) mass is 295 g/mol. The zero-order valence-electron chi connectivity index (χ0n) is 11.8. The molecule has 0 bridgehead atoms. The predicted octanol–water partition coefficient (Wildman–Crippen LogP) is 2.64. The predicted molar refractivity (Wildman–Crippen MR) is 72.6 cm³/mol. The lowest BCUT2D eigenvalue weighted by Crippen LogP contribution is -2.28. The van der Waals surface area contributed by atoms with Crippen LogP contribution in [0.5, 0.6) is 0 Å². The molecule has 21 heavy (non-hydrogen) atoms. The van der Waals surface area contributed by atoms with Gasteiger partial charge in [0.1, 0.15) is 11.6 Å². The molecule has 1 amide bonds. The summed E-state index contributed by atoms with van der Waals surface area (Å²) in [5.74, 6) is -1.92. The first kappa shape index (κ1) is 15.0. The number of carbonyl (C=O) groups is 1. The maximum Gasteiger partial charge on any atom is 0.254 e. The Bertz CT molecular complexity index is 678. The van der Waals surface area contributed by atoms with Crippen LogP contribution in [-0.2, 0) is 0 Å². The van der Waals surface area contributed by atoms with Crippen molar-refractivity contribution in [1.82, 2.24) is 10.5 Å². The van der Waals surface area contributed by atoms with Crippen LogP contribution in [0.1, 0.15) is 40.3 Å². The van der Waals surface area contributed by atoms with Crippen LogP contribution in [0.2, 0.25) is 0 Å². The molecule has 1 atom stereocenters. The van der Waals surface area contributed by atoms with Crippen LogP contribution in [-0.4, -0.2) is 11.1 Å². The van der Waals surface area contributed by atoms with Crippen molar-refractivity contribution in [2.75, 3.05) is 5.73 Å². The van der Waals surface area contributed by atoms with Gasteiger partial charge in [-0.3, -0.25) is 4.79 Å². The number of hydrogen-bond donors (Lipinski definition) is 2. The van der Waals surface area contributed by atoms with Crippen LogP contribution in [0.4, 0.5) is 14.5 Å². The Morgan fingerprint density at radius 3 is 2.62 bits per heavy atom. The van der Waals surface area contributed by atoms with Gasteiger partial charge in [-0.2, -0.15) is 0 Å². The minimum absolute atomic E-state index is 0.412. The SMILES string of the molecule is Cc1noc(C)c1C(C)NC(=O)c1cc(F)cc(N)c1F. The van der Waals surface area contributed by atoms with E-state index in [9.17, 15) is 13.6 Å². The van der Waals surface area contributed by atoms with Crippen molar-refractivity contribution in [2.45, 2.75) is 26.8 Å². The number of aryl methyl sites for hydroxylation is 2. The van der Waals surface area contributed by atoms with Crippen LogP contribution in [0.25, 0.3) is 0 Å². The molecule has 0 spiro atoms. The lowest BCUT2D eigenvalue weighted by atomic mass is 10.1. The van der Waals surface area contributed by atoms with E-state index in [4.69, 9.17) is 10.3 Å². The van der Waals surface area contributed by atoms with Crippen molar-refractivity contribution in [3.8, 4) is 0 Å². The van der Waals surface area contributed by atoms with Gasteiger partial charge < -0.3 is 15.6 Å². The molecule has 3 N–H and O–H groups in total. The van der Waals surface area contributed by atoms with Crippen LogP contribution in [0.15, 0.2) is 16.7 Å². The van der Waals surface area contributed by atoms with Crippen molar-refractivity contribution in [1.29, 1.82) is 0 Å². The molecule has 1 heterocycles. The Kier molecular flexibility index (Phi) is 3.93. The van der Waals surface area contributed by atoms with Crippen LogP contribution in [0, 0.1) is 25.5 Å². The summed E-state index contributed by atoms with van der Waals surface area (Å²) in [6, 6.07) is 1.16. The molecular weight excluding hydrogens is 280 g/mol. The molecule has 0 aliphatic rings. The first-order valence-electron chi connectivity index (χ1n) is 6.29. The number of carbonyl (C=O) groups excluding carboxylic acids is 1. The molecule has 1 unspecified atom stereocenters. The number of rotatable bonds is 3. The van der Waals surface area contributed by atoms with Crippen molar-refractivity contribution in [3.05, 3.63) is 46.3 Å². The second-order valence-corrected chi connectivity index (χ2v) is 4.79. The molecule has 2 aromatic rings. The minimum atomic E-state index is -0.945. The summed E-state index contributed by atoms with van der Waals surface area (Å²) in [6.45, 7) is 5.14. The Labute approximate surface area is 120 Å². The fraction of sp³-hybridized carbons (Fsp3) is 0.286. The zero-order chi connectivity index (χ0) is 15.7. The molecule has 112 valence electrons. The fourth-order valence-electron chi connectivity index (χ4n) is 2.23. The van der Waals surface area contributed by atoms with E-state index in [1.54, 1.807) is 20.8 Å². The maximum atomic E-state index is 13.8. The molecule has 0 aliphatic carbocycles. The molecular formula is C14H15F2N3O2. The van der Waals surface area contributed by atoms with Crippen LogP contribution in [0.3, 0.4) is 0 Å². The van der Waals surface area contributed by atoms with Crippen molar-refractivity contribution in [2.24, 2.45) is 0 Å². The number of anilines is 1. The number of halogens is 2. The van der Waals surface area contributed by atoms with Crippen molar-refractivity contribution in [3.63, 3.8) is 0 Å². The number of benzene rings is 1. The van der Waals surface area contributed by atoms with Gasteiger partial charge in [-0.25, -0.2) is 8.78 Å². The average Bonchev–Trinajstić information content (AvgIpc) is 2.73. The Morgan fingerprint density at radius 1 is 1.38 bits per heavy atom. The van der Waals surface area contributed by atoms with E-state index in [1.165, 1.54) is 0 Å². The van der Waals surface area contributed by atoms with Crippen molar-refractivity contribution < 1.29 is 18.1 Å². The largest absolute Gasteiger partial charge is 0.396 e. The van der Waals surface area contributed by atoms with E-state index in [0.29, 0.717) is 17.0 Å². The highest BCUT2D eigenvalue weighted by Crippen LogP contribution is 2.23. The lowest BCUT2D eigenvalue weighted by molar-refractivity contribution is 0.0935. The van der Waals surface area contributed by atoms with Gasteiger partial charge in [-0.1, -0.05) is 5.16 Å². The van der Waals surface area contributed by atoms with Gasteiger partial charge in [-0.05, 0) is 32.9 Å². The second-order valence-electron chi connectivity index (χ2n) is 4.79. The summed E-state index contributed by atoms with van der Waals surface area (Å²) in [5, 5.41) is 6.36. The third kappa shape index (κ3) is 2.86. The van der Waals surface area contributed by atoms with Gasteiger partial charge in [0, 0.05) is 5.56 Å². The van der Waals surface area contributed by atoms with Gasteiger partial charge in [0.15, 0.2) is 5.82 Å². The van der Waals surface area contributed by atoms with E-state index in [-0.39, 0.29) is 0 Å². The Morgan fingerprint density at radius 2 is 2.05 bits per heavy atom. The van der Waals surface area contributed by atoms with E-state index in [2.05, 4.69) is 10.5 Å². The quantitative estimate of drug-likeness (QED) is 0.853. The first-order chi connectivity index (χ1) is 9.81. The van der Waals surface area contributed by atoms with Gasteiger partial charge in [-0.15, -0.1) is 0 Å². The molecule has 1 aromatic carbocycles. The van der Waals surface area contributed by atoms with Crippen molar-refractivity contribution >= 4 is 11.6 Å². The molecule has 2 rings (SSSR count). The number of amides is 1. The maximum absolute atomic E-state index is 13.8. The minimum Gasteiger partial charge on any atom is -0.396 e. The molecule has 1 aromatic heterocycles. The highest BCUT2D eigenvalue weighted by Gasteiger charge is 2.22. The molecule has 0 saturated heterocycles. The van der Waals surface area contributed by atoms with Crippen LogP contribution < -0.4 is 11.1 Å². The topological polar surface area (TPSA) is 81.2 Å². The molecule has 7 heteroatoms. The zero-order valence-corrected chi connectivity index (χ0v) is 11.8. The number of nitrogens with two attached hydrogens (primary N) is 1. The van der Waals surface area contributed by atoms with E-state index in [1.807, 2.05) is 0 Å². The van der Waals surface area contributed by atoms with E-state index in [0.717, 1.165) is 12.1 Å². The Hall–Kier alpha value is -2.44. The van der Waals surface area contributed by atoms with Gasteiger partial charge in [0.2, 0.25) is 0 Å². The third-order valence-electron chi connectivity index (χ3n) is 3.18. The highest BCUT2D eigenvalue weighted by molar-refractivity contribution is 5.95. The normalized spacial score (nSPS) is 12.2. The third-order valence-corrected chi connectivity index (χ3v) is 3.18. The first-order valence-corrected chi connectivity index (χ1v) is 6.29. The smallest absolute Gasteiger partial charge is 0.254 e. The summed E-state index contributed by atoms with van der Waals surface area (Å²) in [7, 11) is 0.